The molecule has 2 unspecified atom stereocenters. The summed E-state index contributed by atoms with van der Waals surface area (Å²) in [6.45, 7) is 3.43. The minimum Gasteiger partial charge on any atom is -0.469 e. The lowest BCUT2D eigenvalue weighted by atomic mass is 9.89. The Morgan fingerprint density at radius 1 is 1.39 bits per heavy atom. The van der Waals surface area contributed by atoms with Gasteiger partial charge in [-0.05, 0) is 25.0 Å². The van der Waals surface area contributed by atoms with Crippen LogP contribution in [0, 0.1) is 0 Å². The molecule has 2 aliphatic heterocycles. The van der Waals surface area contributed by atoms with Crippen molar-refractivity contribution in [2.75, 3.05) is 26.4 Å². The van der Waals surface area contributed by atoms with Gasteiger partial charge in [0.25, 0.3) is 0 Å². The van der Waals surface area contributed by atoms with E-state index in [1.165, 1.54) is 0 Å². The average molecular weight is 251 g/mol. The van der Waals surface area contributed by atoms with E-state index in [0.29, 0.717) is 6.04 Å². The van der Waals surface area contributed by atoms with Crippen molar-refractivity contribution in [1.29, 1.82) is 0 Å². The minimum atomic E-state index is 0.000594. The molecule has 2 atom stereocenters. The summed E-state index contributed by atoms with van der Waals surface area (Å²) < 4.78 is 16.7. The summed E-state index contributed by atoms with van der Waals surface area (Å²) in [5, 5.41) is 3.62. The van der Waals surface area contributed by atoms with E-state index in [9.17, 15) is 0 Å². The van der Waals surface area contributed by atoms with Crippen molar-refractivity contribution >= 4 is 0 Å². The third kappa shape index (κ3) is 2.76. The summed E-state index contributed by atoms with van der Waals surface area (Å²) >= 11 is 0. The van der Waals surface area contributed by atoms with Crippen molar-refractivity contribution < 1.29 is 13.9 Å². The Hall–Kier alpha value is -0.840. The molecule has 0 aliphatic carbocycles. The molecule has 0 aromatic carbocycles. The Morgan fingerprint density at radius 2 is 2.39 bits per heavy atom. The fraction of sp³-hybridized carbons (Fsp3) is 0.714. The van der Waals surface area contributed by atoms with Crippen LogP contribution in [0.1, 0.15) is 25.0 Å². The molecule has 100 valence electrons. The van der Waals surface area contributed by atoms with Crippen LogP contribution in [0.2, 0.25) is 0 Å². The van der Waals surface area contributed by atoms with Crippen LogP contribution in [-0.2, 0) is 15.9 Å². The smallest absolute Gasteiger partial charge is 0.105 e. The number of hydrogen-bond acceptors (Lipinski definition) is 4. The van der Waals surface area contributed by atoms with Gasteiger partial charge in [0, 0.05) is 38.6 Å². The number of rotatable bonds is 4. The van der Waals surface area contributed by atoms with Crippen molar-refractivity contribution in [2.24, 2.45) is 0 Å². The summed E-state index contributed by atoms with van der Waals surface area (Å²) in [5.41, 5.74) is 0.000594. The van der Waals surface area contributed by atoms with Crippen molar-refractivity contribution in [3.8, 4) is 0 Å². The molecule has 0 amide bonds. The van der Waals surface area contributed by atoms with Crippen LogP contribution in [-0.4, -0.2) is 38.0 Å². The highest BCUT2D eigenvalue weighted by Crippen LogP contribution is 2.32. The third-order valence-electron chi connectivity index (χ3n) is 3.94. The minimum absolute atomic E-state index is 0.000594. The Bertz CT molecular complexity index is 357. The Kier molecular flexibility index (Phi) is 3.68. The van der Waals surface area contributed by atoms with Crippen molar-refractivity contribution in [3.05, 3.63) is 24.2 Å². The fourth-order valence-electron chi connectivity index (χ4n) is 2.92. The van der Waals surface area contributed by atoms with Gasteiger partial charge in [0.15, 0.2) is 0 Å². The monoisotopic (exact) mass is 251 g/mol. The lowest BCUT2D eigenvalue weighted by Gasteiger charge is -2.37. The molecule has 3 heterocycles. The second kappa shape index (κ2) is 5.43. The zero-order valence-corrected chi connectivity index (χ0v) is 10.7. The van der Waals surface area contributed by atoms with E-state index in [1.807, 2.05) is 12.1 Å². The van der Waals surface area contributed by atoms with Crippen LogP contribution >= 0.6 is 0 Å². The summed E-state index contributed by atoms with van der Waals surface area (Å²) in [6.07, 6.45) is 5.90. The first-order valence-corrected chi connectivity index (χ1v) is 6.84. The van der Waals surface area contributed by atoms with Gasteiger partial charge in [-0.1, -0.05) is 0 Å². The Labute approximate surface area is 108 Å². The second-order valence-corrected chi connectivity index (χ2v) is 5.31. The van der Waals surface area contributed by atoms with Gasteiger partial charge >= 0.3 is 0 Å². The van der Waals surface area contributed by atoms with Gasteiger partial charge in [0.05, 0.1) is 18.5 Å². The first-order chi connectivity index (χ1) is 8.86. The van der Waals surface area contributed by atoms with Gasteiger partial charge < -0.3 is 19.2 Å². The number of ether oxygens (including phenoxy) is 2. The van der Waals surface area contributed by atoms with E-state index in [-0.39, 0.29) is 5.60 Å². The molecule has 0 radical (unpaired) electrons. The molecular formula is C14H21NO3. The van der Waals surface area contributed by atoms with Crippen molar-refractivity contribution in [3.63, 3.8) is 0 Å². The topological polar surface area (TPSA) is 43.6 Å². The normalized spacial score (nSPS) is 32.1. The molecule has 0 bridgehead atoms. The molecule has 18 heavy (non-hydrogen) atoms. The predicted octanol–water partition coefficient (Wildman–Crippen LogP) is 1.75. The van der Waals surface area contributed by atoms with E-state index in [1.54, 1.807) is 6.26 Å². The van der Waals surface area contributed by atoms with Gasteiger partial charge in [-0.3, -0.25) is 0 Å². The quantitative estimate of drug-likeness (QED) is 0.885. The van der Waals surface area contributed by atoms with Gasteiger partial charge in [-0.25, -0.2) is 0 Å². The van der Waals surface area contributed by atoms with E-state index in [2.05, 4.69) is 5.32 Å². The van der Waals surface area contributed by atoms with Crippen LogP contribution in [0.5, 0.6) is 0 Å². The van der Waals surface area contributed by atoms with Crippen LogP contribution in [0.4, 0.5) is 0 Å². The highest BCUT2D eigenvalue weighted by Gasteiger charge is 2.40. The first kappa shape index (κ1) is 12.2. The van der Waals surface area contributed by atoms with Gasteiger partial charge in [-0.2, -0.15) is 0 Å². The van der Waals surface area contributed by atoms with Crippen LogP contribution in [0.3, 0.4) is 0 Å². The van der Waals surface area contributed by atoms with E-state index in [4.69, 9.17) is 13.9 Å². The molecule has 1 spiro atoms. The number of nitrogens with one attached hydrogen (secondary N) is 1. The zero-order chi connectivity index (χ0) is 12.3. The maximum Gasteiger partial charge on any atom is 0.105 e. The maximum absolute atomic E-state index is 5.93. The average Bonchev–Trinajstić information content (AvgIpc) is 3.02. The summed E-state index contributed by atoms with van der Waals surface area (Å²) in [4.78, 5) is 0. The molecule has 4 heteroatoms. The predicted molar refractivity (Wildman–Crippen MR) is 67.6 cm³/mol. The molecule has 2 aliphatic rings. The summed E-state index contributed by atoms with van der Waals surface area (Å²) in [6, 6.07) is 4.52. The van der Waals surface area contributed by atoms with Crippen LogP contribution in [0.15, 0.2) is 22.8 Å². The van der Waals surface area contributed by atoms with Crippen molar-refractivity contribution in [1.82, 2.24) is 5.32 Å². The standard InChI is InChI=1S/C14H21NO3/c1-2-13(17-7-1)3-6-15-12-4-8-18-14(10-12)5-9-16-11-14/h1-2,7,12,15H,3-6,8-11H2. The molecule has 0 saturated carbocycles. The highest BCUT2D eigenvalue weighted by molar-refractivity contribution is 4.99. The number of hydrogen-bond donors (Lipinski definition) is 1. The molecule has 1 aromatic heterocycles. The van der Waals surface area contributed by atoms with E-state index >= 15 is 0 Å². The van der Waals surface area contributed by atoms with Gasteiger partial charge in [-0.15, -0.1) is 0 Å². The van der Waals surface area contributed by atoms with Crippen molar-refractivity contribution in [2.45, 2.75) is 37.3 Å². The van der Waals surface area contributed by atoms with Crippen LogP contribution < -0.4 is 5.32 Å². The third-order valence-corrected chi connectivity index (χ3v) is 3.94. The molecule has 3 rings (SSSR count). The molecular weight excluding hydrogens is 230 g/mol. The number of furan rings is 1. The summed E-state index contributed by atoms with van der Waals surface area (Å²) in [7, 11) is 0. The Balaban J connectivity index is 1.45. The lowest BCUT2D eigenvalue weighted by Crippen LogP contribution is -2.47. The molecule has 2 fully saturated rings. The summed E-state index contributed by atoms with van der Waals surface area (Å²) in [5.74, 6) is 1.05. The second-order valence-electron chi connectivity index (χ2n) is 5.31. The molecule has 1 aromatic rings. The highest BCUT2D eigenvalue weighted by atomic mass is 16.6. The largest absolute Gasteiger partial charge is 0.469 e. The molecule has 4 nitrogen and oxygen atoms in total. The SMILES string of the molecule is c1coc(CCNC2CCOC3(CCOC3)C2)c1. The maximum atomic E-state index is 5.93. The lowest BCUT2D eigenvalue weighted by molar-refractivity contribution is -0.0892. The van der Waals surface area contributed by atoms with Gasteiger partial charge in [0.1, 0.15) is 5.76 Å². The zero-order valence-electron chi connectivity index (χ0n) is 10.7. The van der Waals surface area contributed by atoms with E-state index in [0.717, 1.165) is 57.8 Å². The Morgan fingerprint density at radius 3 is 3.17 bits per heavy atom. The molecule has 1 N–H and O–H groups in total. The van der Waals surface area contributed by atoms with Crippen LogP contribution in [0.25, 0.3) is 0 Å². The fourth-order valence-corrected chi connectivity index (χ4v) is 2.92. The van der Waals surface area contributed by atoms with E-state index < -0.39 is 0 Å². The molecule has 2 saturated heterocycles. The van der Waals surface area contributed by atoms with Gasteiger partial charge in [0.2, 0.25) is 0 Å². The first-order valence-electron chi connectivity index (χ1n) is 6.84.